The molecular weight excluding hydrogens is 310 g/mol. The number of morpholine rings is 1. The first-order valence-corrected chi connectivity index (χ1v) is 8.18. The van der Waals surface area contributed by atoms with Crippen LogP contribution in [-0.2, 0) is 9.53 Å². The number of fused-ring (bicyclic) bond motifs is 1. The van der Waals surface area contributed by atoms with Crippen LogP contribution < -0.4 is 5.32 Å². The number of rotatable bonds is 5. The summed E-state index contributed by atoms with van der Waals surface area (Å²) < 4.78 is 5.79. The number of nitro benzene ring substituents is 1. The van der Waals surface area contributed by atoms with E-state index < -0.39 is 4.92 Å². The van der Waals surface area contributed by atoms with Gasteiger partial charge in [0.1, 0.15) is 0 Å². The van der Waals surface area contributed by atoms with E-state index in [1.165, 1.54) is 31.1 Å². The lowest BCUT2D eigenvalue weighted by atomic mass is 10.1. The number of carbonyl (C=O) groups is 1. The Balaban J connectivity index is 1.50. The van der Waals surface area contributed by atoms with Crippen molar-refractivity contribution in [1.82, 2.24) is 10.2 Å². The molecule has 2 fully saturated rings. The predicted molar refractivity (Wildman–Crippen MR) is 89.5 cm³/mol. The van der Waals surface area contributed by atoms with Gasteiger partial charge >= 0.3 is 0 Å². The van der Waals surface area contributed by atoms with E-state index >= 15 is 0 Å². The molecule has 0 unspecified atom stereocenters. The Kier molecular flexibility index (Phi) is 5.22. The number of nitro groups is 1. The SMILES string of the molecule is O=C(/C=C/c1ccccc1[N+](=O)[O-])NC[C@@H]1CN2CCC[C@@H]2CO1. The van der Waals surface area contributed by atoms with E-state index in [1.807, 2.05) is 0 Å². The van der Waals surface area contributed by atoms with Crippen molar-refractivity contribution in [3.05, 3.63) is 46.0 Å². The number of para-hydroxylation sites is 1. The third-order valence-electron chi connectivity index (χ3n) is 4.51. The maximum Gasteiger partial charge on any atom is 0.276 e. The average molecular weight is 331 g/mol. The second-order valence-corrected chi connectivity index (χ2v) is 6.14. The monoisotopic (exact) mass is 331 g/mol. The molecule has 0 bridgehead atoms. The molecule has 24 heavy (non-hydrogen) atoms. The van der Waals surface area contributed by atoms with Gasteiger partial charge in [-0.25, -0.2) is 0 Å². The van der Waals surface area contributed by atoms with Gasteiger partial charge in [-0.15, -0.1) is 0 Å². The molecule has 0 aliphatic carbocycles. The molecule has 2 aliphatic heterocycles. The predicted octanol–water partition coefficient (Wildman–Crippen LogP) is 1.59. The standard InChI is InChI=1S/C17H21N3O4/c21-17(8-7-13-4-1-2-6-16(13)20(22)23)18-10-15-11-19-9-3-5-14(19)12-24-15/h1-2,4,6-8,14-15H,3,5,9-12H2,(H,18,21)/b8-7+/t14-,15-/m1/s1. The van der Waals surface area contributed by atoms with E-state index in [2.05, 4.69) is 10.2 Å². The third-order valence-corrected chi connectivity index (χ3v) is 4.51. The van der Waals surface area contributed by atoms with Gasteiger partial charge in [0.05, 0.1) is 23.2 Å². The molecule has 1 aromatic rings. The number of nitrogens with zero attached hydrogens (tertiary/aromatic N) is 2. The largest absolute Gasteiger partial charge is 0.373 e. The van der Waals surface area contributed by atoms with Crippen LogP contribution in [0.1, 0.15) is 18.4 Å². The maximum atomic E-state index is 11.9. The number of nitrogens with one attached hydrogen (secondary N) is 1. The van der Waals surface area contributed by atoms with Gasteiger partial charge in [0.25, 0.3) is 5.69 Å². The van der Waals surface area contributed by atoms with Crippen LogP contribution in [0, 0.1) is 10.1 Å². The van der Waals surface area contributed by atoms with Gasteiger partial charge < -0.3 is 10.1 Å². The van der Waals surface area contributed by atoms with Crippen LogP contribution in [-0.4, -0.2) is 54.1 Å². The summed E-state index contributed by atoms with van der Waals surface area (Å²) in [5, 5.41) is 13.7. The molecule has 0 saturated carbocycles. The zero-order valence-corrected chi connectivity index (χ0v) is 13.4. The van der Waals surface area contributed by atoms with Crippen LogP contribution in [0.4, 0.5) is 5.69 Å². The molecule has 128 valence electrons. The van der Waals surface area contributed by atoms with E-state index in [1.54, 1.807) is 18.2 Å². The van der Waals surface area contributed by atoms with Gasteiger partial charge in [0.2, 0.25) is 5.91 Å². The van der Waals surface area contributed by atoms with Gasteiger partial charge in [0, 0.05) is 31.3 Å². The molecule has 2 saturated heterocycles. The van der Waals surface area contributed by atoms with Crippen LogP contribution in [0.15, 0.2) is 30.3 Å². The van der Waals surface area contributed by atoms with Crippen LogP contribution in [0.5, 0.6) is 0 Å². The smallest absolute Gasteiger partial charge is 0.276 e. The highest BCUT2D eigenvalue weighted by molar-refractivity contribution is 5.92. The van der Waals surface area contributed by atoms with Crippen LogP contribution in [0.2, 0.25) is 0 Å². The number of carbonyl (C=O) groups excluding carboxylic acids is 1. The summed E-state index contributed by atoms with van der Waals surface area (Å²) in [6, 6.07) is 6.86. The number of hydrogen-bond donors (Lipinski definition) is 1. The fourth-order valence-electron chi connectivity index (χ4n) is 3.24. The molecule has 1 amide bonds. The highest BCUT2D eigenvalue weighted by atomic mass is 16.6. The van der Waals surface area contributed by atoms with Crippen molar-refractivity contribution in [2.24, 2.45) is 0 Å². The number of benzene rings is 1. The molecule has 0 radical (unpaired) electrons. The Bertz CT molecular complexity index is 646. The second-order valence-electron chi connectivity index (χ2n) is 6.14. The number of amides is 1. The van der Waals surface area contributed by atoms with E-state index in [4.69, 9.17) is 4.74 Å². The summed E-state index contributed by atoms with van der Waals surface area (Å²) in [6.07, 6.45) is 5.20. The van der Waals surface area contributed by atoms with E-state index in [0.29, 0.717) is 18.2 Å². The minimum absolute atomic E-state index is 0.00256. The van der Waals surface area contributed by atoms with Crippen molar-refractivity contribution in [3.8, 4) is 0 Å². The fraction of sp³-hybridized carbons (Fsp3) is 0.471. The van der Waals surface area contributed by atoms with Crippen molar-refractivity contribution in [1.29, 1.82) is 0 Å². The minimum atomic E-state index is -0.458. The molecule has 3 rings (SSSR count). The molecule has 1 N–H and O–H groups in total. The van der Waals surface area contributed by atoms with E-state index in [9.17, 15) is 14.9 Å². The minimum Gasteiger partial charge on any atom is -0.373 e. The van der Waals surface area contributed by atoms with E-state index in [-0.39, 0.29) is 17.7 Å². The van der Waals surface area contributed by atoms with Crippen molar-refractivity contribution in [3.63, 3.8) is 0 Å². The normalized spacial score (nSPS) is 24.0. The van der Waals surface area contributed by atoms with E-state index in [0.717, 1.165) is 19.7 Å². The summed E-state index contributed by atoms with van der Waals surface area (Å²) in [5.74, 6) is -0.278. The van der Waals surface area contributed by atoms with Crippen LogP contribution in [0.25, 0.3) is 6.08 Å². The highest BCUT2D eigenvalue weighted by Gasteiger charge is 2.32. The molecule has 7 nitrogen and oxygen atoms in total. The van der Waals surface area contributed by atoms with Crippen LogP contribution >= 0.6 is 0 Å². The molecule has 7 heteroatoms. The summed E-state index contributed by atoms with van der Waals surface area (Å²) in [5.41, 5.74) is 0.392. The molecule has 2 aliphatic rings. The molecular formula is C17H21N3O4. The van der Waals surface area contributed by atoms with Crippen molar-refractivity contribution in [2.45, 2.75) is 25.0 Å². The Morgan fingerprint density at radius 2 is 2.29 bits per heavy atom. The molecule has 1 aromatic carbocycles. The highest BCUT2D eigenvalue weighted by Crippen LogP contribution is 2.22. The second kappa shape index (κ2) is 7.55. The molecule has 0 spiro atoms. The lowest BCUT2D eigenvalue weighted by Crippen LogP contribution is -2.49. The average Bonchev–Trinajstić information content (AvgIpc) is 3.06. The fourth-order valence-corrected chi connectivity index (χ4v) is 3.24. The van der Waals surface area contributed by atoms with Gasteiger partial charge in [-0.05, 0) is 31.5 Å². The zero-order valence-electron chi connectivity index (χ0n) is 13.4. The summed E-state index contributed by atoms with van der Waals surface area (Å²) in [7, 11) is 0. The summed E-state index contributed by atoms with van der Waals surface area (Å²) in [4.78, 5) is 24.8. The first-order chi connectivity index (χ1) is 11.6. The lowest BCUT2D eigenvalue weighted by molar-refractivity contribution is -0.385. The summed E-state index contributed by atoms with van der Waals surface area (Å²) in [6.45, 7) is 3.13. The first kappa shape index (κ1) is 16.6. The van der Waals surface area contributed by atoms with Crippen molar-refractivity contribution < 1.29 is 14.5 Å². The summed E-state index contributed by atoms with van der Waals surface area (Å²) >= 11 is 0. The first-order valence-electron chi connectivity index (χ1n) is 8.18. The molecule has 2 atom stereocenters. The molecule has 2 heterocycles. The quantitative estimate of drug-likeness (QED) is 0.503. The van der Waals surface area contributed by atoms with Crippen LogP contribution in [0.3, 0.4) is 0 Å². The van der Waals surface area contributed by atoms with Crippen molar-refractivity contribution >= 4 is 17.7 Å². The topological polar surface area (TPSA) is 84.7 Å². The zero-order chi connectivity index (χ0) is 16.9. The Morgan fingerprint density at radius 3 is 3.12 bits per heavy atom. The Hall–Kier alpha value is -2.25. The maximum absolute atomic E-state index is 11.9. The third kappa shape index (κ3) is 3.98. The van der Waals surface area contributed by atoms with Gasteiger partial charge in [-0.3, -0.25) is 19.8 Å². The molecule has 0 aromatic heterocycles. The van der Waals surface area contributed by atoms with Gasteiger partial charge in [-0.2, -0.15) is 0 Å². The Labute approximate surface area is 140 Å². The number of ether oxygens (including phenoxy) is 1. The Morgan fingerprint density at radius 1 is 1.46 bits per heavy atom. The lowest BCUT2D eigenvalue weighted by Gasteiger charge is -2.35. The van der Waals surface area contributed by atoms with Gasteiger partial charge in [0.15, 0.2) is 0 Å². The van der Waals surface area contributed by atoms with Gasteiger partial charge in [-0.1, -0.05) is 12.1 Å². The van der Waals surface area contributed by atoms with Crippen molar-refractivity contribution in [2.75, 3.05) is 26.2 Å². The number of hydrogen-bond acceptors (Lipinski definition) is 5.